The number of ether oxygens (including phenoxy) is 1. The molecule has 2 aliphatic heterocycles. The van der Waals surface area contributed by atoms with Crippen molar-refractivity contribution in [2.24, 2.45) is 0 Å². The van der Waals surface area contributed by atoms with Gasteiger partial charge in [-0.3, -0.25) is 9.69 Å². The number of piperidine rings is 1. The predicted molar refractivity (Wildman–Crippen MR) is 98.1 cm³/mol. The number of hydrogen-bond donors (Lipinski definition) is 0. The van der Waals surface area contributed by atoms with E-state index < -0.39 is 5.82 Å². The number of rotatable bonds is 5. The summed E-state index contributed by atoms with van der Waals surface area (Å²) < 4.78 is 33.3. The largest absolute Gasteiger partial charge is 0.365 e. The van der Waals surface area contributed by atoms with Crippen LogP contribution in [-0.2, 0) is 16.1 Å². The maximum absolute atomic E-state index is 13.8. The van der Waals surface area contributed by atoms with E-state index in [2.05, 4.69) is 4.90 Å². The van der Waals surface area contributed by atoms with Crippen LogP contribution in [0.25, 0.3) is 0 Å². The zero-order chi connectivity index (χ0) is 18.8. The highest BCUT2D eigenvalue weighted by atomic mass is 19.1. The number of hydrogen-bond acceptors (Lipinski definition) is 3. The molecule has 2 heterocycles. The van der Waals surface area contributed by atoms with Crippen molar-refractivity contribution in [3.05, 3.63) is 35.4 Å². The third kappa shape index (κ3) is 4.32. The van der Waals surface area contributed by atoms with E-state index in [4.69, 9.17) is 4.74 Å². The van der Waals surface area contributed by atoms with Gasteiger partial charge in [-0.1, -0.05) is 12.8 Å². The van der Waals surface area contributed by atoms with Gasteiger partial charge in [0, 0.05) is 44.2 Å². The van der Waals surface area contributed by atoms with Gasteiger partial charge in [0.15, 0.2) is 0 Å². The topological polar surface area (TPSA) is 32.8 Å². The molecule has 1 saturated carbocycles. The van der Waals surface area contributed by atoms with Crippen molar-refractivity contribution < 1.29 is 18.3 Å². The zero-order valence-electron chi connectivity index (χ0n) is 15.7. The lowest BCUT2D eigenvalue weighted by atomic mass is 10.1. The highest BCUT2D eigenvalue weighted by Crippen LogP contribution is 2.29. The van der Waals surface area contributed by atoms with Crippen LogP contribution in [0.1, 0.15) is 50.5 Å². The molecule has 0 radical (unpaired) electrons. The van der Waals surface area contributed by atoms with Gasteiger partial charge >= 0.3 is 0 Å². The van der Waals surface area contributed by atoms with Gasteiger partial charge < -0.3 is 9.64 Å². The lowest BCUT2D eigenvalue weighted by Crippen LogP contribution is -2.41. The maximum atomic E-state index is 13.8. The van der Waals surface area contributed by atoms with Crippen molar-refractivity contribution in [1.82, 2.24) is 9.80 Å². The number of carbonyl (C=O) groups excluding carboxylic acids is 1. The molecule has 1 aromatic carbocycles. The van der Waals surface area contributed by atoms with Gasteiger partial charge in [-0.15, -0.1) is 0 Å². The molecule has 1 atom stereocenters. The van der Waals surface area contributed by atoms with Gasteiger partial charge in [0.05, 0.1) is 6.10 Å². The van der Waals surface area contributed by atoms with Gasteiger partial charge in [-0.2, -0.15) is 0 Å². The van der Waals surface area contributed by atoms with Gasteiger partial charge in [0.2, 0.25) is 0 Å². The van der Waals surface area contributed by atoms with Crippen molar-refractivity contribution in [3.63, 3.8) is 0 Å². The Morgan fingerprint density at radius 2 is 1.74 bits per heavy atom. The van der Waals surface area contributed by atoms with Gasteiger partial charge in [0.1, 0.15) is 17.7 Å². The van der Waals surface area contributed by atoms with E-state index in [9.17, 15) is 13.6 Å². The van der Waals surface area contributed by atoms with E-state index >= 15 is 0 Å². The van der Waals surface area contributed by atoms with Crippen LogP contribution in [0.15, 0.2) is 18.2 Å². The molecule has 0 bridgehead atoms. The molecule has 3 fully saturated rings. The number of amides is 1. The van der Waals surface area contributed by atoms with Gasteiger partial charge in [-0.05, 0) is 43.9 Å². The molecule has 0 spiro atoms. The molecular weight excluding hydrogens is 350 g/mol. The van der Waals surface area contributed by atoms with E-state index in [1.807, 2.05) is 4.90 Å². The third-order valence-corrected chi connectivity index (χ3v) is 6.25. The van der Waals surface area contributed by atoms with Crippen LogP contribution in [0.3, 0.4) is 0 Å². The second kappa shape index (κ2) is 8.23. The van der Waals surface area contributed by atoms with Crippen LogP contribution in [0.5, 0.6) is 0 Å². The van der Waals surface area contributed by atoms with E-state index in [0.29, 0.717) is 18.2 Å². The monoisotopic (exact) mass is 378 g/mol. The lowest BCUT2D eigenvalue weighted by Gasteiger charge is -2.33. The number of carbonyl (C=O) groups is 1. The first-order valence-electron chi connectivity index (χ1n) is 10.2. The van der Waals surface area contributed by atoms with E-state index in [1.54, 1.807) is 0 Å². The molecule has 3 aliphatic rings. The molecule has 1 amide bonds. The molecule has 1 aromatic rings. The van der Waals surface area contributed by atoms with Crippen LogP contribution in [-0.4, -0.2) is 53.6 Å². The number of nitrogens with zero attached hydrogens (tertiary/aromatic N) is 2. The normalized spacial score (nSPS) is 25.6. The summed E-state index contributed by atoms with van der Waals surface area (Å²) in [5.74, 6) is -0.597. The summed E-state index contributed by atoms with van der Waals surface area (Å²) in [7, 11) is 0. The van der Waals surface area contributed by atoms with E-state index in [1.165, 1.54) is 25.0 Å². The Kier molecular flexibility index (Phi) is 5.74. The second-order valence-electron chi connectivity index (χ2n) is 8.09. The summed E-state index contributed by atoms with van der Waals surface area (Å²) in [5.41, 5.74) is 0.396. The van der Waals surface area contributed by atoms with Crippen LogP contribution < -0.4 is 0 Å². The Morgan fingerprint density at radius 3 is 2.48 bits per heavy atom. The minimum absolute atomic E-state index is 0.0797. The van der Waals surface area contributed by atoms with Crippen LogP contribution in [0.4, 0.5) is 8.78 Å². The van der Waals surface area contributed by atoms with Crippen molar-refractivity contribution in [3.8, 4) is 0 Å². The minimum atomic E-state index is -0.406. The highest BCUT2D eigenvalue weighted by Gasteiger charge is 2.39. The van der Waals surface area contributed by atoms with E-state index in [0.717, 1.165) is 57.8 Å². The highest BCUT2D eigenvalue weighted by molar-refractivity contribution is 5.83. The molecule has 0 unspecified atom stereocenters. The molecule has 2 saturated heterocycles. The smallest absolute Gasteiger partial charge is 0.252 e. The Labute approximate surface area is 159 Å². The van der Waals surface area contributed by atoms with Gasteiger partial charge in [0.25, 0.3) is 5.91 Å². The molecule has 148 valence electrons. The predicted octanol–water partition coefficient (Wildman–Crippen LogP) is 3.49. The Bertz CT molecular complexity index is 670. The van der Waals surface area contributed by atoms with Crippen molar-refractivity contribution in [2.75, 3.05) is 19.6 Å². The molecule has 4 nitrogen and oxygen atoms in total. The summed E-state index contributed by atoms with van der Waals surface area (Å²) in [6.45, 7) is 2.78. The van der Waals surface area contributed by atoms with Crippen molar-refractivity contribution in [1.29, 1.82) is 0 Å². The summed E-state index contributed by atoms with van der Waals surface area (Å²) in [6, 6.07) is 4.02. The average Bonchev–Trinajstić information content (AvgIpc) is 3.30. The number of benzene rings is 1. The average molecular weight is 378 g/mol. The van der Waals surface area contributed by atoms with Gasteiger partial charge in [-0.25, -0.2) is 8.78 Å². The Morgan fingerprint density at radius 1 is 1.00 bits per heavy atom. The molecule has 6 heteroatoms. The Balaban J connectivity index is 1.25. The SMILES string of the molecule is O=C1[C@@H](OC2CCN(Cc3cc(F)ccc3F)CC2)CCN1C1CCCC1. The molecule has 0 N–H and O–H groups in total. The standard InChI is InChI=1S/C21H28F2N2O2/c22-16-5-6-19(23)15(13-16)14-24-10-7-18(8-11-24)27-20-9-12-25(21(20)26)17-3-1-2-4-17/h5-6,13,17-18,20H,1-4,7-12,14H2/t20-/m0/s1. The van der Waals surface area contributed by atoms with Crippen molar-refractivity contribution >= 4 is 5.91 Å². The Hall–Kier alpha value is -1.53. The van der Waals surface area contributed by atoms with Crippen molar-refractivity contribution in [2.45, 2.75) is 69.7 Å². The molecule has 4 rings (SSSR count). The first kappa shape index (κ1) is 18.8. The fourth-order valence-corrected chi connectivity index (χ4v) is 4.72. The fraction of sp³-hybridized carbons (Fsp3) is 0.667. The zero-order valence-corrected chi connectivity index (χ0v) is 15.7. The molecule has 27 heavy (non-hydrogen) atoms. The van der Waals surface area contributed by atoms with Crippen LogP contribution >= 0.6 is 0 Å². The molecule has 0 aromatic heterocycles. The van der Waals surface area contributed by atoms with E-state index in [-0.39, 0.29) is 23.9 Å². The summed E-state index contributed by atoms with van der Waals surface area (Å²) in [4.78, 5) is 16.8. The fourth-order valence-electron chi connectivity index (χ4n) is 4.72. The molecular formula is C21H28F2N2O2. The number of halogens is 2. The number of likely N-dealkylation sites (tertiary alicyclic amines) is 2. The minimum Gasteiger partial charge on any atom is -0.365 e. The first-order valence-corrected chi connectivity index (χ1v) is 10.2. The molecule has 1 aliphatic carbocycles. The summed E-state index contributed by atoms with van der Waals surface area (Å²) in [6.07, 6.45) is 6.95. The third-order valence-electron chi connectivity index (χ3n) is 6.25. The maximum Gasteiger partial charge on any atom is 0.252 e. The van der Waals surface area contributed by atoms with Crippen LogP contribution in [0, 0.1) is 11.6 Å². The summed E-state index contributed by atoms with van der Waals surface area (Å²) >= 11 is 0. The first-order chi connectivity index (χ1) is 13.1. The lowest BCUT2D eigenvalue weighted by molar-refractivity contribution is -0.143. The van der Waals surface area contributed by atoms with Crippen LogP contribution in [0.2, 0.25) is 0 Å². The quantitative estimate of drug-likeness (QED) is 0.786. The second-order valence-corrected chi connectivity index (χ2v) is 8.09. The summed E-state index contributed by atoms with van der Waals surface area (Å²) in [5, 5.41) is 0.